The molecule has 1 aliphatic rings. The maximum absolute atomic E-state index is 13.2. The van der Waals surface area contributed by atoms with E-state index < -0.39 is 26.4 Å². The number of halogens is 1. The van der Waals surface area contributed by atoms with Crippen LogP contribution in [0.3, 0.4) is 0 Å². The highest BCUT2D eigenvalue weighted by atomic mass is 35.5. The molecule has 0 spiro atoms. The first-order valence-corrected chi connectivity index (χ1v) is 9.75. The third-order valence-corrected chi connectivity index (χ3v) is 7.30. The first kappa shape index (κ1) is 17.9. The molecule has 0 aromatic heterocycles. The molecule has 0 aliphatic heterocycles. The summed E-state index contributed by atoms with van der Waals surface area (Å²) >= 11 is 5.86. The SMILES string of the molecule is COC[C@@]1(C#N)[C@@H](c2ccc(C)cc2)[C@@H]1S(=O)(=O)c1ccc(Cl)cc1. The van der Waals surface area contributed by atoms with Crippen LogP contribution < -0.4 is 0 Å². The minimum absolute atomic E-state index is 0.0690. The van der Waals surface area contributed by atoms with Crippen LogP contribution >= 0.6 is 11.6 Å². The number of benzene rings is 2. The van der Waals surface area contributed by atoms with Gasteiger partial charge in [0.1, 0.15) is 5.41 Å². The first-order chi connectivity index (χ1) is 11.9. The zero-order valence-electron chi connectivity index (χ0n) is 13.9. The second kappa shape index (κ2) is 6.45. The standard InChI is InChI=1S/C19H18ClNO3S/c1-13-3-5-14(6-4-13)17-18(19(17,11-21)12-24-2)25(22,23)16-9-7-15(20)8-10-16/h3-10,17-18H,12H2,1-2H3/t17-,18-,19-/m0/s1. The number of rotatable bonds is 5. The van der Waals surface area contributed by atoms with Crippen LogP contribution in [-0.4, -0.2) is 27.4 Å². The number of hydrogen-bond donors (Lipinski definition) is 0. The van der Waals surface area contributed by atoms with E-state index in [2.05, 4.69) is 6.07 Å². The van der Waals surface area contributed by atoms with Gasteiger partial charge in [-0.05, 0) is 36.8 Å². The van der Waals surface area contributed by atoms with Gasteiger partial charge in [0.05, 0.1) is 22.8 Å². The van der Waals surface area contributed by atoms with Gasteiger partial charge in [-0.2, -0.15) is 5.26 Å². The van der Waals surface area contributed by atoms with Crippen LogP contribution in [0.4, 0.5) is 0 Å². The van der Waals surface area contributed by atoms with Gasteiger partial charge in [0.15, 0.2) is 9.84 Å². The van der Waals surface area contributed by atoms with Crippen molar-refractivity contribution < 1.29 is 13.2 Å². The predicted octanol–water partition coefficient (Wildman–Crippen LogP) is 3.74. The van der Waals surface area contributed by atoms with Crippen molar-refractivity contribution in [3.8, 4) is 6.07 Å². The number of aryl methyl sites for hydroxylation is 1. The average Bonchev–Trinajstić information content (AvgIpc) is 3.26. The predicted molar refractivity (Wildman–Crippen MR) is 96.3 cm³/mol. The van der Waals surface area contributed by atoms with Crippen LogP contribution in [0.5, 0.6) is 0 Å². The van der Waals surface area contributed by atoms with Crippen molar-refractivity contribution in [2.75, 3.05) is 13.7 Å². The van der Waals surface area contributed by atoms with E-state index >= 15 is 0 Å². The van der Waals surface area contributed by atoms with Crippen molar-refractivity contribution in [3.05, 3.63) is 64.7 Å². The van der Waals surface area contributed by atoms with Crippen molar-refractivity contribution in [1.82, 2.24) is 0 Å². The van der Waals surface area contributed by atoms with Crippen molar-refractivity contribution in [1.29, 1.82) is 5.26 Å². The molecule has 2 aromatic rings. The van der Waals surface area contributed by atoms with Gasteiger partial charge >= 0.3 is 0 Å². The Morgan fingerprint density at radius 2 is 1.76 bits per heavy atom. The molecule has 0 saturated heterocycles. The number of sulfone groups is 1. The Morgan fingerprint density at radius 1 is 1.16 bits per heavy atom. The summed E-state index contributed by atoms with van der Waals surface area (Å²) in [5.74, 6) is -0.418. The topological polar surface area (TPSA) is 67.2 Å². The molecule has 1 fully saturated rings. The highest BCUT2D eigenvalue weighted by Crippen LogP contribution is 2.63. The zero-order valence-corrected chi connectivity index (χ0v) is 15.5. The molecule has 3 atom stereocenters. The summed E-state index contributed by atoms with van der Waals surface area (Å²) in [5, 5.41) is 9.41. The molecule has 130 valence electrons. The minimum Gasteiger partial charge on any atom is -0.383 e. The lowest BCUT2D eigenvalue weighted by molar-refractivity contribution is 0.162. The molecular weight excluding hydrogens is 358 g/mol. The fourth-order valence-corrected chi connectivity index (χ4v) is 5.89. The lowest BCUT2D eigenvalue weighted by Crippen LogP contribution is -2.19. The van der Waals surface area contributed by atoms with Crippen molar-refractivity contribution >= 4 is 21.4 Å². The molecule has 2 aromatic carbocycles. The van der Waals surface area contributed by atoms with Gasteiger partial charge in [0.2, 0.25) is 0 Å². The van der Waals surface area contributed by atoms with Crippen LogP contribution in [0, 0.1) is 23.7 Å². The molecule has 6 heteroatoms. The molecule has 0 heterocycles. The van der Waals surface area contributed by atoms with E-state index in [4.69, 9.17) is 16.3 Å². The summed E-state index contributed by atoms with van der Waals surface area (Å²) in [6.07, 6.45) is 0. The normalized spacial score (nSPS) is 25.4. The summed E-state index contributed by atoms with van der Waals surface area (Å²) in [6.45, 7) is 2.03. The van der Waals surface area contributed by atoms with E-state index in [1.54, 1.807) is 12.1 Å². The van der Waals surface area contributed by atoms with E-state index in [9.17, 15) is 13.7 Å². The summed E-state index contributed by atoms with van der Waals surface area (Å²) in [7, 11) is -2.21. The zero-order chi connectivity index (χ0) is 18.2. The molecule has 4 nitrogen and oxygen atoms in total. The fraction of sp³-hybridized carbons (Fsp3) is 0.316. The summed E-state index contributed by atoms with van der Waals surface area (Å²) < 4.78 is 31.5. The number of nitriles is 1. The van der Waals surface area contributed by atoms with Crippen LogP contribution in [-0.2, 0) is 14.6 Å². The second-order valence-corrected chi connectivity index (χ2v) is 8.90. The number of hydrogen-bond acceptors (Lipinski definition) is 4. The summed E-state index contributed by atoms with van der Waals surface area (Å²) in [4.78, 5) is 0.173. The number of nitrogens with zero attached hydrogens (tertiary/aromatic N) is 1. The lowest BCUT2D eigenvalue weighted by atomic mass is 10.0. The van der Waals surface area contributed by atoms with Gasteiger partial charge in [0, 0.05) is 18.1 Å². The minimum atomic E-state index is -3.69. The highest BCUT2D eigenvalue weighted by Gasteiger charge is 2.72. The third-order valence-electron chi connectivity index (χ3n) is 4.76. The largest absolute Gasteiger partial charge is 0.383 e. The number of methoxy groups -OCH3 is 1. The van der Waals surface area contributed by atoms with Crippen molar-refractivity contribution in [2.24, 2.45) is 5.41 Å². The van der Waals surface area contributed by atoms with Gasteiger partial charge in [-0.25, -0.2) is 8.42 Å². The van der Waals surface area contributed by atoms with Crippen molar-refractivity contribution in [3.63, 3.8) is 0 Å². The molecule has 0 unspecified atom stereocenters. The molecule has 3 rings (SSSR count). The average molecular weight is 376 g/mol. The Labute approximate surface area is 152 Å². The Balaban J connectivity index is 2.07. The van der Waals surface area contributed by atoms with Gasteiger partial charge in [-0.15, -0.1) is 0 Å². The maximum Gasteiger partial charge on any atom is 0.183 e. The second-order valence-electron chi connectivity index (χ2n) is 6.39. The Hall–Kier alpha value is -1.87. The fourth-order valence-electron chi connectivity index (χ4n) is 3.45. The lowest BCUT2D eigenvalue weighted by Gasteiger charge is -2.08. The highest BCUT2D eigenvalue weighted by molar-refractivity contribution is 7.92. The third kappa shape index (κ3) is 2.95. The van der Waals surface area contributed by atoms with Crippen LogP contribution in [0.1, 0.15) is 17.0 Å². The molecule has 25 heavy (non-hydrogen) atoms. The Morgan fingerprint density at radius 3 is 2.28 bits per heavy atom. The Kier molecular flexibility index (Phi) is 4.63. The quantitative estimate of drug-likeness (QED) is 0.798. The summed E-state index contributed by atoms with van der Waals surface area (Å²) in [5.41, 5.74) is 0.838. The van der Waals surface area contributed by atoms with Gasteiger partial charge in [-0.3, -0.25) is 0 Å². The molecule has 0 bridgehead atoms. The number of ether oxygens (including phenoxy) is 1. The Bertz CT molecular complexity index is 917. The van der Waals surface area contributed by atoms with Crippen LogP contribution in [0.2, 0.25) is 5.02 Å². The molecule has 0 radical (unpaired) electrons. The maximum atomic E-state index is 13.2. The van der Waals surface area contributed by atoms with Gasteiger partial charge in [0.25, 0.3) is 0 Å². The molecular formula is C19H18ClNO3S. The summed E-state index contributed by atoms with van der Waals surface area (Å²) in [6, 6.07) is 15.9. The molecule has 1 saturated carbocycles. The van der Waals surface area contributed by atoms with E-state index in [1.165, 1.54) is 19.2 Å². The van der Waals surface area contributed by atoms with E-state index in [0.717, 1.165) is 11.1 Å². The van der Waals surface area contributed by atoms with Crippen LogP contribution in [0.25, 0.3) is 0 Å². The smallest absolute Gasteiger partial charge is 0.183 e. The van der Waals surface area contributed by atoms with Crippen LogP contribution in [0.15, 0.2) is 53.4 Å². The molecule has 1 aliphatic carbocycles. The van der Waals surface area contributed by atoms with Crippen molar-refractivity contribution in [2.45, 2.75) is 23.0 Å². The molecule has 0 amide bonds. The van der Waals surface area contributed by atoms with Gasteiger partial charge < -0.3 is 4.74 Å². The molecule has 0 N–H and O–H groups in total. The first-order valence-electron chi connectivity index (χ1n) is 7.83. The van der Waals surface area contributed by atoms with E-state index in [0.29, 0.717) is 5.02 Å². The van der Waals surface area contributed by atoms with E-state index in [-0.39, 0.29) is 11.5 Å². The van der Waals surface area contributed by atoms with E-state index in [1.807, 2.05) is 31.2 Å². The monoisotopic (exact) mass is 375 g/mol. The van der Waals surface area contributed by atoms with Gasteiger partial charge in [-0.1, -0.05) is 41.4 Å².